The van der Waals surface area contributed by atoms with Gasteiger partial charge in [-0.25, -0.2) is 4.79 Å². The monoisotopic (exact) mass is 342 g/mol. The molecule has 3 heterocycles. The molecule has 132 valence electrons. The zero-order valence-corrected chi connectivity index (χ0v) is 14.0. The first-order chi connectivity index (χ1) is 12.1. The van der Waals surface area contributed by atoms with E-state index in [4.69, 9.17) is 0 Å². The number of carbonyl (C=O) groups excluding carboxylic acids is 1. The summed E-state index contributed by atoms with van der Waals surface area (Å²) in [6.45, 7) is 3.24. The number of rotatable bonds is 2. The quantitative estimate of drug-likeness (QED) is 0.813. The Morgan fingerprint density at radius 3 is 2.48 bits per heavy atom. The molecule has 2 aliphatic heterocycles. The predicted octanol–water partition coefficient (Wildman–Crippen LogP) is 0.148. The van der Waals surface area contributed by atoms with Crippen LogP contribution in [0, 0.1) is 11.8 Å². The number of likely N-dealkylation sites (tertiary alicyclic amines) is 1. The summed E-state index contributed by atoms with van der Waals surface area (Å²) in [6, 6.07) is 6.85. The average Bonchev–Trinajstić information content (AvgIpc) is 2.96. The van der Waals surface area contributed by atoms with Crippen LogP contribution >= 0.6 is 0 Å². The lowest BCUT2D eigenvalue weighted by Crippen LogP contribution is -2.42. The number of benzene rings is 1. The molecule has 2 aliphatic rings. The van der Waals surface area contributed by atoms with Gasteiger partial charge in [-0.2, -0.15) is 0 Å². The smallest absolute Gasteiger partial charge is 0.329 e. The van der Waals surface area contributed by atoms with Crippen LogP contribution in [0.2, 0.25) is 0 Å². The zero-order chi connectivity index (χ0) is 17.4. The third-order valence-electron chi connectivity index (χ3n) is 5.55. The molecule has 1 aromatic carbocycles. The van der Waals surface area contributed by atoms with E-state index in [0.29, 0.717) is 35.8 Å². The number of hydrogen-bond donors (Lipinski definition) is 2. The van der Waals surface area contributed by atoms with Gasteiger partial charge in [0.15, 0.2) is 0 Å². The molecule has 1 aromatic heterocycles. The maximum absolute atomic E-state index is 12.7. The fraction of sp³-hybridized carbons (Fsp3) is 0.500. The summed E-state index contributed by atoms with van der Waals surface area (Å²) in [5.74, 6) is 1.10. The minimum Gasteiger partial charge on any atom is -0.341 e. The van der Waals surface area contributed by atoms with Crippen molar-refractivity contribution in [1.82, 2.24) is 19.8 Å². The van der Waals surface area contributed by atoms with E-state index in [-0.39, 0.29) is 12.5 Å². The van der Waals surface area contributed by atoms with Crippen LogP contribution in [0.25, 0.3) is 10.9 Å². The van der Waals surface area contributed by atoms with E-state index in [2.05, 4.69) is 10.3 Å². The van der Waals surface area contributed by atoms with E-state index in [0.717, 1.165) is 30.5 Å². The van der Waals surface area contributed by atoms with Crippen molar-refractivity contribution in [3.63, 3.8) is 0 Å². The third-order valence-corrected chi connectivity index (χ3v) is 5.55. The minimum absolute atomic E-state index is 0.157. The summed E-state index contributed by atoms with van der Waals surface area (Å²) < 4.78 is 1.01. The van der Waals surface area contributed by atoms with Gasteiger partial charge in [0.2, 0.25) is 5.91 Å². The molecule has 2 aromatic rings. The Morgan fingerprint density at radius 2 is 1.76 bits per heavy atom. The van der Waals surface area contributed by atoms with Crippen LogP contribution in [0.1, 0.15) is 12.8 Å². The number of amides is 1. The van der Waals surface area contributed by atoms with E-state index < -0.39 is 11.2 Å². The molecule has 0 bridgehead atoms. The second kappa shape index (κ2) is 6.48. The van der Waals surface area contributed by atoms with E-state index in [9.17, 15) is 14.4 Å². The topological polar surface area (TPSA) is 87.2 Å². The van der Waals surface area contributed by atoms with Crippen LogP contribution in [0.15, 0.2) is 33.9 Å². The lowest BCUT2D eigenvalue weighted by atomic mass is 9.92. The summed E-state index contributed by atoms with van der Waals surface area (Å²) in [5, 5.41) is 3.84. The molecule has 2 saturated heterocycles. The molecule has 4 rings (SSSR count). The molecule has 7 nitrogen and oxygen atoms in total. The van der Waals surface area contributed by atoms with Crippen molar-refractivity contribution >= 4 is 16.8 Å². The molecule has 0 spiro atoms. The third kappa shape index (κ3) is 3.00. The van der Waals surface area contributed by atoms with Gasteiger partial charge in [-0.3, -0.25) is 14.2 Å². The maximum atomic E-state index is 12.7. The van der Waals surface area contributed by atoms with Crippen LogP contribution < -0.4 is 16.6 Å². The number of para-hydroxylation sites is 1. The molecular formula is C18H22N4O3. The molecular weight excluding hydrogens is 320 g/mol. The number of nitrogens with zero attached hydrogens (tertiary/aromatic N) is 2. The van der Waals surface area contributed by atoms with E-state index in [1.165, 1.54) is 0 Å². The summed E-state index contributed by atoms with van der Waals surface area (Å²) in [4.78, 5) is 42.0. The summed E-state index contributed by atoms with van der Waals surface area (Å²) in [7, 11) is 0. The number of aromatic nitrogens is 2. The van der Waals surface area contributed by atoms with Crippen molar-refractivity contribution in [3.8, 4) is 0 Å². The number of fused-ring (bicyclic) bond motifs is 2. The van der Waals surface area contributed by atoms with Crippen LogP contribution in [0.4, 0.5) is 0 Å². The fourth-order valence-electron chi connectivity index (χ4n) is 4.05. The van der Waals surface area contributed by atoms with Gasteiger partial charge in [0.1, 0.15) is 6.54 Å². The Balaban J connectivity index is 1.56. The van der Waals surface area contributed by atoms with Gasteiger partial charge >= 0.3 is 5.69 Å². The van der Waals surface area contributed by atoms with Gasteiger partial charge < -0.3 is 15.2 Å². The Labute approximate surface area is 144 Å². The van der Waals surface area contributed by atoms with Crippen molar-refractivity contribution in [2.24, 2.45) is 11.8 Å². The number of H-pyrrole nitrogens is 1. The van der Waals surface area contributed by atoms with Gasteiger partial charge in [-0.1, -0.05) is 12.1 Å². The second-order valence-electron chi connectivity index (χ2n) is 7.00. The van der Waals surface area contributed by atoms with E-state index in [1.807, 2.05) is 0 Å². The molecule has 7 heteroatoms. The Bertz CT molecular complexity index is 902. The molecule has 0 radical (unpaired) electrons. The van der Waals surface area contributed by atoms with Crippen LogP contribution in [0.5, 0.6) is 0 Å². The lowest BCUT2D eigenvalue weighted by Gasteiger charge is -2.21. The van der Waals surface area contributed by atoms with Crippen molar-refractivity contribution in [1.29, 1.82) is 0 Å². The number of aromatic amines is 1. The average molecular weight is 342 g/mol. The first-order valence-corrected chi connectivity index (χ1v) is 8.84. The molecule has 0 aliphatic carbocycles. The highest BCUT2D eigenvalue weighted by molar-refractivity contribution is 5.79. The highest BCUT2D eigenvalue weighted by Gasteiger charge is 2.31. The molecule has 0 saturated carbocycles. The van der Waals surface area contributed by atoms with Crippen LogP contribution in [-0.4, -0.2) is 46.5 Å². The van der Waals surface area contributed by atoms with Crippen LogP contribution in [-0.2, 0) is 11.3 Å². The molecule has 2 N–H and O–H groups in total. The summed E-state index contributed by atoms with van der Waals surface area (Å²) >= 11 is 0. The van der Waals surface area contributed by atoms with Gasteiger partial charge in [-0.05, 0) is 49.9 Å². The first-order valence-electron chi connectivity index (χ1n) is 8.84. The standard InChI is InChI=1S/C18H22N4O3/c23-16(21-7-5-12-9-19-10-13(12)6-8-21)11-22-17(24)14-3-1-2-4-15(14)20-18(22)25/h1-4,12-13,19H,5-11H2,(H,20,25)/t12-,13+. The highest BCUT2D eigenvalue weighted by atomic mass is 16.2. The molecule has 2 fully saturated rings. The summed E-state index contributed by atoms with van der Waals surface area (Å²) in [6.07, 6.45) is 1.96. The second-order valence-corrected chi connectivity index (χ2v) is 7.00. The van der Waals surface area contributed by atoms with Crippen molar-refractivity contribution < 1.29 is 4.79 Å². The molecule has 2 atom stereocenters. The number of hydrogen-bond acceptors (Lipinski definition) is 4. The Kier molecular flexibility index (Phi) is 4.17. The number of carbonyl (C=O) groups is 1. The SMILES string of the molecule is O=C(Cn1c(=O)[nH]c2ccccc2c1=O)N1CC[C@@H]2CNC[C@@H]2CC1. The normalized spacial score (nSPS) is 23.4. The summed E-state index contributed by atoms with van der Waals surface area (Å²) in [5.41, 5.74) is -0.451. The molecule has 1 amide bonds. The van der Waals surface area contributed by atoms with Gasteiger partial charge in [-0.15, -0.1) is 0 Å². The Morgan fingerprint density at radius 1 is 1.08 bits per heavy atom. The molecule has 0 unspecified atom stereocenters. The van der Waals surface area contributed by atoms with Gasteiger partial charge in [0, 0.05) is 13.1 Å². The lowest BCUT2D eigenvalue weighted by molar-refractivity contribution is -0.132. The first kappa shape index (κ1) is 16.1. The van der Waals surface area contributed by atoms with Gasteiger partial charge in [0.05, 0.1) is 10.9 Å². The fourth-order valence-corrected chi connectivity index (χ4v) is 4.05. The van der Waals surface area contributed by atoms with Crippen molar-refractivity contribution in [2.75, 3.05) is 26.2 Å². The largest absolute Gasteiger partial charge is 0.341 e. The van der Waals surface area contributed by atoms with Gasteiger partial charge in [0.25, 0.3) is 5.56 Å². The predicted molar refractivity (Wildman–Crippen MR) is 94.5 cm³/mol. The number of nitrogens with one attached hydrogen (secondary N) is 2. The highest BCUT2D eigenvalue weighted by Crippen LogP contribution is 2.27. The zero-order valence-electron chi connectivity index (χ0n) is 14.0. The van der Waals surface area contributed by atoms with Crippen molar-refractivity contribution in [2.45, 2.75) is 19.4 Å². The maximum Gasteiger partial charge on any atom is 0.329 e. The van der Waals surface area contributed by atoms with Crippen molar-refractivity contribution in [3.05, 3.63) is 45.1 Å². The van der Waals surface area contributed by atoms with E-state index in [1.54, 1.807) is 29.2 Å². The van der Waals surface area contributed by atoms with E-state index >= 15 is 0 Å². The minimum atomic E-state index is -0.534. The van der Waals surface area contributed by atoms with Crippen LogP contribution in [0.3, 0.4) is 0 Å². The Hall–Kier alpha value is -2.41. The molecule has 25 heavy (non-hydrogen) atoms.